The number of rotatable bonds is 6. The number of anilines is 1. The van der Waals surface area contributed by atoms with Gasteiger partial charge in [0.05, 0.1) is 18.8 Å². The Kier molecular flexibility index (Phi) is 5.80. The lowest BCUT2D eigenvalue weighted by atomic mass is 9.93. The second-order valence-corrected chi connectivity index (χ2v) is 8.03. The first-order valence-corrected chi connectivity index (χ1v) is 10.4. The molecule has 7 nitrogen and oxygen atoms in total. The molecule has 1 aliphatic rings. The number of methoxy groups -OCH3 is 1. The zero-order valence-corrected chi connectivity index (χ0v) is 18.3. The summed E-state index contributed by atoms with van der Waals surface area (Å²) in [5, 5.41) is 7.46. The van der Waals surface area contributed by atoms with Gasteiger partial charge in [0.15, 0.2) is 0 Å². The zero-order chi connectivity index (χ0) is 22.9. The van der Waals surface area contributed by atoms with Crippen LogP contribution in [0.3, 0.4) is 0 Å². The maximum Gasteiger partial charge on any atom is 0.277 e. The average Bonchev–Trinajstić information content (AvgIpc) is 3.20. The fourth-order valence-corrected chi connectivity index (χ4v) is 4.04. The van der Waals surface area contributed by atoms with Crippen molar-refractivity contribution in [3.05, 3.63) is 71.7 Å². The Labute approximate surface area is 185 Å². The molecule has 2 aromatic carbocycles. The van der Waals surface area contributed by atoms with Crippen molar-refractivity contribution in [1.82, 2.24) is 15.1 Å². The summed E-state index contributed by atoms with van der Waals surface area (Å²) in [6.07, 6.45) is 0. The minimum atomic E-state index is -1.28. The van der Waals surface area contributed by atoms with Crippen molar-refractivity contribution in [3.63, 3.8) is 0 Å². The summed E-state index contributed by atoms with van der Waals surface area (Å²) in [6.45, 7) is 4.21. The summed E-state index contributed by atoms with van der Waals surface area (Å²) >= 11 is 0. The molecule has 0 unspecified atom stereocenters. The maximum absolute atomic E-state index is 13.8. The molecular weight excluding hydrogens is 411 g/mol. The third-order valence-electron chi connectivity index (χ3n) is 5.70. The maximum atomic E-state index is 13.8. The minimum Gasteiger partial charge on any atom is -0.383 e. The lowest BCUT2D eigenvalue weighted by Crippen LogP contribution is -2.65. The monoisotopic (exact) mass is 436 g/mol. The molecule has 0 fully saturated rings. The lowest BCUT2D eigenvalue weighted by Gasteiger charge is -2.43. The molecule has 32 heavy (non-hydrogen) atoms. The molecule has 0 radical (unpaired) electrons. The van der Waals surface area contributed by atoms with E-state index >= 15 is 0 Å². The summed E-state index contributed by atoms with van der Waals surface area (Å²) < 4.78 is 20.4. The highest BCUT2D eigenvalue weighted by atomic mass is 19.1. The lowest BCUT2D eigenvalue weighted by molar-refractivity contribution is -0.126. The van der Waals surface area contributed by atoms with Crippen LogP contribution in [0.2, 0.25) is 0 Å². The van der Waals surface area contributed by atoms with Gasteiger partial charge in [0, 0.05) is 24.9 Å². The molecule has 3 aromatic rings. The van der Waals surface area contributed by atoms with Gasteiger partial charge in [-0.1, -0.05) is 30.3 Å². The van der Waals surface area contributed by atoms with E-state index in [1.165, 1.54) is 23.1 Å². The summed E-state index contributed by atoms with van der Waals surface area (Å²) in [7, 11) is 1.55. The number of aryl methyl sites for hydroxylation is 1. The van der Waals surface area contributed by atoms with Gasteiger partial charge in [-0.25, -0.2) is 4.39 Å². The second-order valence-electron chi connectivity index (χ2n) is 8.03. The number of ether oxygens (including phenoxy) is 1. The summed E-state index contributed by atoms with van der Waals surface area (Å²) in [5.74, 6) is -1.11. The van der Waals surface area contributed by atoms with Gasteiger partial charge in [-0.15, -0.1) is 0 Å². The van der Waals surface area contributed by atoms with Crippen LogP contribution in [0.4, 0.5) is 10.1 Å². The van der Waals surface area contributed by atoms with Crippen LogP contribution < -0.4 is 10.2 Å². The quantitative estimate of drug-likeness (QED) is 0.602. The molecule has 0 saturated heterocycles. The number of carbonyl (C=O) groups is 2. The Morgan fingerprint density at radius 3 is 2.66 bits per heavy atom. The van der Waals surface area contributed by atoms with Crippen LogP contribution in [-0.4, -0.2) is 47.4 Å². The van der Waals surface area contributed by atoms with E-state index < -0.39 is 11.4 Å². The van der Waals surface area contributed by atoms with Gasteiger partial charge in [0.2, 0.25) is 5.91 Å². The number of nitrogens with one attached hydrogen (secondary N) is 1. The number of carbonyl (C=O) groups excluding carboxylic acids is 2. The van der Waals surface area contributed by atoms with E-state index in [1.54, 1.807) is 31.7 Å². The first-order valence-electron chi connectivity index (χ1n) is 10.4. The number of nitrogens with zero attached hydrogens (tertiary/aromatic N) is 3. The summed E-state index contributed by atoms with van der Waals surface area (Å²) in [6, 6.07) is 15.4. The standard InChI is InChI=1S/C24H25FN4O3/c1-16-13-18(25)9-10-20(16)29-22(30)21-14-19(17-7-5-4-6-8-17)27-28(21)15-24(29,2)23(31)26-11-12-32-3/h4-10,13-14H,11-12,15H2,1-3H3,(H,26,31)/t24-/m0/s1. The van der Waals surface area contributed by atoms with Gasteiger partial charge >= 0.3 is 0 Å². The van der Waals surface area contributed by atoms with Crippen LogP contribution in [0.1, 0.15) is 23.0 Å². The van der Waals surface area contributed by atoms with Crippen LogP contribution in [0, 0.1) is 12.7 Å². The number of hydrogen-bond acceptors (Lipinski definition) is 4. The van der Waals surface area contributed by atoms with E-state index in [4.69, 9.17) is 4.74 Å². The summed E-state index contributed by atoms with van der Waals surface area (Å²) in [4.78, 5) is 28.5. The van der Waals surface area contributed by atoms with Crippen molar-refractivity contribution in [3.8, 4) is 11.3 Å². The Hall–Kier alpha value is -3.52. The van der Waals surface area contributed by atoms with Crippen molar-refractivity contribution < 1.29 is 18.7 Å². The van der Waals surface area contributed by atoms with Crippen LogP contribution in [-0.2, 0) is 16.1 Å². The molecule has 8 heteroatoms. The first kappa shape index (κ1) is 21.7. The van der Waals surface area contributed by atoms with E-state index in [2.05, 4.69) is 10.4 Å². The Bertz CT molecular complexity index is 1160. The number of aromatic nitrogens is 2. The number of amides is 2. The van der Waals surface area contributed by atoms with Crippen LogP contribution in [0.25, 0.3) is 11.3 Å². The smallest absolute Gasteiger partial charge is 0.277 e. The fourth-order valence-electron chi connectivity index (χ4n) is 4.04. The van der Waals surface area contributed by atoms with Gasteiger partial charge in [-0.2, -0.15) is 5.10 Å². The highest BCUT2D eigenvalue weighted by molar-refractivity contribution is 6.12. The number of benzene rings is 2. The van der Waals surface area contributed by atoms with Gasteiger partial charge < -0.3 is 10.1 Å². The molecule has 0 aliphatic carbocycles. The number of halogens is 1. The van der Waals surface area contributed by atoms with Crippen molar-refractivity contribution in [2.45, 2.75) is 25.9 Å². The van der Waals surface area contributed by atoms with Crippen LogP contribution >= 0.6 is 0 Å². The molecule has 0 saturated carbocycles. The van der Waals surface area contributed by atoms with Gasteiger partial charge in [0.1, 0.15) is 17.1 Å². The molecule has 1 aromatic heterocycles. The van der Waals surface area contributed by atoms with Gasteiger partial charge in [-0.3, -0.25) is 19.2 Å². The third kappa shape index (κ3) is 3.78. The minimum absolute atomic E-state index is 0.149. The van der Waals surface area contributed by atoms with E-state index in [9.17, 15) is 14.0 Å². The van der Waals surface area contributed by atoms with E-state index in [-0.39, 0.29) is 18.4 Å². The Balaban J connectivity index is 1.81. The predicted octanol–water partition coefficient (Wildman–Crippen LogP) is 3.18. The van der Waals surface area contributed by atoms with Gasteiger partial charge in [-0.05, 0) is 43.7 Å². The van der Waals surface area contributed by atoms with E-state index in [0.29, 0.717) is 35.8 Å². The number of fused-ring (bicyclic) bond motifs is 1. The molecule has 0 spiro atoms. The normalized spacial score (nSPS) is 17.9. The molecule has 2 amide bonds. The molecule has 1 atom stereocenters. The zero-order valence-electron chi connectivity index (χ0n) is 18.3. The SMILES string of the molecule is COCCNC(=O)[C@]1(C)Cn2nc(-c3ccccc3)cc2C(=O)N1c1ccc(F)cc1C. The predicted molar refractivity (Wildman–Crippen MR) is 119 cm³/mol. The highest BCUT2D eigenvalue weighted by Crippen LogP contribution is 2.36. The molecule has 2 heterocycles. The average molecular weight is 436 g/mol. The van der Waals surface area contributed by atoms with Crippen molar-refractivity contribution in [2.24, 2.45) is 0 Å². The largest absolute Gasteiger partial charge is 0.383 e. The topological polar surface area (TPSA) is 76.5 Å². The van der Waals surface area contributed by atoms with Crippen molar-refractivity contribution in [2.75, 3.05) is 25.2 Å². The van der Waals surface area contributed by atoms with Crippen LogP contribution in [0.5, 0.6) is 0 Å². The molecule has 166 valence electrons. The van der Waals surface area contributed by atoms with E-state index in [1.807, 2.05) is 30.3 Å². The molecular formula is C24H25FN4O3. The first-order chi connectivity index (χ1) is 15.3. The Morgan fingerprint density at radius 2 is 1.97 bits per heavy atom. The summed E-state index contributed by atoms with van der Waals surface area (Å²) in [5.41, 5.74) is 1.65. The molecule has 1 N–H and O–H groups in total. The Morgan fingerprint density at radius 1 is 1.22 bits per heavy atom. The molecule has 0 bridgehead atoms. The third-order valence-corrected chi connectivity index (χ3v) is 5.70. The van der Waals surface area contributed by atoms with Crippen molar-refractivity contribution in [1.29, 1.82) is 0 Å². The van der Waals surface area contributed by atoms with E-state index in [0.717, 1.165) is 5.56 Å². The molecule has 1 aliphatic heterocycles. The second kappa shape index (κ2) is 8.55. The highest BCUT2D eigenvalue weighted by Gasteiger charge is 2.49. The van der Waals surface area contributed by atoms with Crippen molar-refractivity contribution >= 4 is 17.5 Å². The fraction of sp³-hybridized carbons (Fsp3) is 0.292. The number of hydrogen-bond donors (Lipinski definition) is 1. The molecule has 4 rings (SSSR count). The van der Waals surface area contributed by atoms with Crippen LogP contribution in [0.15, 0.2) is 54.6 Å². The van der Waals surface area contributed by atoms with Gasteiger partial charge in [0.25, 0.3) is 5.91 Å².